The maximum absolute atomic E-state index is 13.2. The lowest BCUT2D eigenvalue weighted by Crippen LogP contribution is -2.38. The normalized spacial score (nSPS) is 26.1. The Kier molecular flexibility index (Phi) is 2.87. The summed E-state index contributed by atoms with van der Waals surface area (Å²) in [5.74, 6) is 1.34. The topological polar surface area (TPSA) is 12.0 Å². The molecule has 1 saturated heterocycles. The Bertz CT molecular complexity index is 405. The SMILES string of the molecule is Fc1cc(F)cc(C2(NC3CCSC3)CC2)c1. The van der Waals surface area contributed by atoms with Crippen molar-refractivity contribution in [1.29, 1.82) is 0 Å². The van der Waals surface area contributed by atoms with Gasteiger partial charge in [0, 0.05) is 23.4 Å². The molecule has 1 heterocycles. The average Bonchev–Trinajstić information content (AvgIpc) is 2.85. The van der Waals surface area contributed by atoms with Gasteiger partial charge in [0.1, 0.15) is 11.6 Å². The van der Waals surface area contributed by atoms with E-state index < -0.39 is 11.6 Å². The van der Waals surface area contributed by atoms with Crippen molar-refractivity contribution in [3.8, 4) is 0 Å². The van der Waals surface area contributed by atoms with Gasteiger partial charge in [0.15, 0.2) is 0 Å². The molecule has 0 amide bonds. The van der Waals surface area contributed by atoms with Crippen LogP contribution in [0.3, 0.4) is 0 Å². The van der Waals surface area contributed by atoms with E-state index in [1.165, 1.54) is 17.9 Å². The summed E-state index contributed by atoms with van der Waals surface area (Å²) in [7, 11) is 0. The molecule has 17 heavy (non-hydrogen) atoms. The average molecular weight is 255 g/mol. The lowest BCUT2D eigenvalue weighted by molar-refractivity contribution is 0.440. The predicted molar refractivity (Wildman–Crippen MR) is 66.1 cm³/mol. The standard InChI is InChI=1S/C13H15F2NS/c14-10-5-9(6-11(15)7-10)13(2-3-13)16-12-1-4-17-8-12/h5-7,12,16H,1-4,8H2. The predicted octanol–water partition coefficient (Wildman–Crippen LogP) is 3.05. The molecule has 0 aromatic heterocycles. The molecule has 1 aromatic rings. The number of benzene rings is 1. The number of thioether (sulfide) groups is 1. The molecule has 1 aliphatic heterocycles. The van der Waals surface area contributed by atoms with Gasteiger partial charge in [0.05, 0.1) is 0 Å². The van der Waals surface area contributed by atoms with E-state index in [9.17, 15) is 8.78 Å². The second-order valence-electron chi connectivity index (χ2n) is 4.95. The molecule has 3 rings (SSSR count). The Morgan fingerprint density at radius 2 is 1.88 bits per heavy atom. The van der Waals surface area contributed by atoms with E-state index in [0.29, 0.717) is 6.04 Å². The molecule has 2 fully saturated rings. The van der Waals surface area contributed by atoms with E-state index in [1.54, 1.807) is 0 Å². The van der Waals surface area contributed by atoms with E-state index in [2.05, 4.69) is 5.32 Å². The van der Waals surface area contributed by atoms with Crippen molar-refractivity contribution in [3.63, 3.8) is 0 Å². The Morgan fingerprint density at radius 3 is 2.41 bits per heavy atom. The van der Waals surface area contributed by atoms with Crippen molar-refractivity contribution in [2.75, 3.05) is 11.5 Å². The van der Waals surface area contributed by atoms with Crippen LogP contribution in [0.4, 0.5) is 8.78 Å². The smallest absolute Gasteiger partial charge is 0.126 e. The van der Waals surface area contributed by atoms with Crippen LogP contribution in [0, 0.1) is 11.6 Å². The Morgan fingerprint density at radius 1 is 1.18 bits per heavy atom. The molecule has 4 heteroatoms. The van der Waals surface area contributed by atoms with Crippen LogP contribution >= 0.6 is 11.8 Å². The molecule has 1 atom stereocenters. The third-order valence-corrected chi connectivity index (χ3v) is 4.74. The van der Waals surface area contributed by atoms with Crippen molar-refractivity contribution < 1.29 is 8.78 Å². The van der Waals surface area contributed by atoms with Gasteiger partial charge in [0.25, 0.3) is 0 Å². The van der Waals surface area contributed by atoms with Crippen LogP contribution in [0.25, 0.3) is 0 Å². The number of nitrogens with one attached hydrogen (secondary N) is 1. The summed E-state index contributed by atoms with van der Waals surface area (Å²) in [6.45, 7) is 0. The van der Waals surface area contributed by atoms with E-state index in [4.69, 9.17) is 0 Å². The van der Waals surface area contributed by atoms with E-state index in [0.717, 1.165) is 36.6 Å². The molecule has 2 aliphatic rings. The molecule has 1 aliphatic carbocycles. The molecule has 92 valence electrons. The Balaban J connectivity index is 1.81. The third kappa shape index (κ3) is 2.33. The molecular weight excluding hydrogens is 240 g/mol. The van der Waals surface area contributed by atoms with Crippen LogP contribution in [0.15, 0.2) is 18.2 Å². The van der Waals surface area contributed by atoms with Gasteiger partial charge in [-0.15, -0.1) is 0 Å². The highest BCUT2D eigenvalue weighted by molar-refractivity contribution is 7.99. The van der Waals surface area contributed by atoms with Crippen molar-refractivity contribution in [2.45, 2.75) is 30.8 Å². The van der Waals surface area contributed by atoms with Gasteiger partial charge < -0.3 is 5.32 Å². The molecule has 0 radical (unpaired) electrons. The molecule has 1 saturated carbocycles. The highest BCUT2D eigenvalue weighted by atomic mass is 32.2. The fourth-order valence-corrected chi connectivity index (χ4v) is 3.66. The zero-order chi connectivity index (χ0) is 11.9. The number of hydrogen-bond acceptors (Lipinski definition) is 2. The minimum absolute atomic E-state index is 0.154. The van der Waals surface area contributed by atoms with Crippen LogP contribution in [0.1, 0.15) is 24.8 Å². The van der Waals surface area contributed by atoms with Gasteiger partial charge in [-0.1, -0.05) is 0 Å². The Labute approximate surface area is 104 Å². The molecule has 0 bridgehead atoms. The van der Waals surface area contributed by atoms with E-state index in [-0.39, 0.29) is 5.54 Å². The van der Waals surface area contributed by atoms with Gasteiger partial charge >= 0.3 is 0 Å². The largest absolute Gasteiger partial charge is 0.304 e. The van der Waals surface area contributed by atoms with Gasteiger partial charge in [-0.2, -0.15) is 11.8 Å². The summed E-state index contributed by atoms with van der Waals surface area (Å²) in [6, 6.07) is 4.36. The van der Waals surface area contributed by atoms with Crippen LogP contribution < -0.4 is 5.32 Å². The Hall–Kier alpha value is -0.610. The molecule has 1 aromatic carbocycles. The van der Waals surface area contributed by atoms with Crippen LogP contribution in [-0.2, 0) is 5.54 Å². The monoisotopic (exact) mass is 255 g/mol. The molecule has 1 unspecified atom stereocenters. The highest BCUT2D eigenvalue weighted by Gasteiger charge is 2.46. The zero-order valence-electron chi connectivity index (χ0n) is 9.51. The van der Waals surface area contributed by atoms with E-state index in [1.807, 2.05) is 11.8 Å². The summed E-state index contributed by atoms with van der Waals surface area (Å²) in [5, 5.41) is 3.58. The van der Waals surface area contributed by atoms with Crippen molar-refractivity contribution >= 4 is 11.8 Å². The first kappa shape index (κ1) is 11.5. The molecule has 1 nitrogen and oxygen atoms in total. The van der Waals surface area contributed by atoms with Gasteiger partial charge in [0.2, 0.25) is 0 Å². The first-order valence-corrected chi connectivity index (χ1v) is 7.15. The summed E-state index contributed by atoms with van der Waals surface area (Å²) in [6.07, 6.45) is 3.12. The second kappa shape index (κ2) is 4.25. The maximum Gasteiger partial charge on any atom is 0.126 e. The van der Waals surface area contributed by atoms with Gasteiger partial charge in [-0.3, -0.25) is 0 Å². The first-order valence-electron chi connectivity index (χ1n) is 6.00. The van der Waals surface area contributed by atoms with Crippen molar-refractivity contribution in [2.24, 2.45) is 0 Å². The summed E-state index contributed by atoms with van der Waals surface area (Å²) < 4.78 is 26.5. The van der Waals surface area contributed by atoms with Gasteiger partial charge in [-0.05, 0) is 42.7 Å². The van der Waals surface area contributed by atoms with Crippen molar-refractivity contribution in [3.05, 3.63) is 35.4 Å². The first-order chi connectivity index (χ1) is 8.18. The number of hydrogen-bond donors (Lipinski definition) is 1. The fraction of sp³-hybridized carbons (Fsp3) is 0.538. The van der Waals surface area contributed by atoms with Gasteiger partial charge in [-0.25, -0.2) is 8.78 Å². The lowest BCUT2D eigenvalue weighted by atomic mass is 10.0. The lowest BCUT2D eigenvalue weighted by Gasteiger charge is -2.22. The quantitative estimate of drug-likeness (QED) is 0.891. The fourth-order valence-electron chi connectivity index (χ4n) is 2.51. The van der Waals surface area contributed by atoms with Crippen LogP contribution in [0.2, 0.25) is 0 Å². The highest BCUT2D eigenvalue weighted by Crippen LogP contribution is 2.47. The molecule has 1 N–H and O–H groups in total. The van der Waals surface area contributed by atoms with E-state index >= 15 is 0 Å². The minimum Gasteiger partial charge on any atom is -0.304 e. The number of rotatable bonds is 3. The second-order valence-corrected chi connectivity index (χ2v) is 6.09. The zero-order valence-corrected chi connectivity index (χ0v) is 10.3. The summed E-state index contributed by atoms with van der Waals surface area (Å²) >= 11 is 1.94. The third-order valence-electron chi connectivity index (χ3n) is 3.58. The molecule has 0 spiro atoms. The maximum atomic E-state index is 13.2. The van der Waals surface area contributed by atoms with Crippen LogP contribution in [-0.4, -0.2) is 17.5 Å². The minimum atomic E-state index is -0.478. The number of halogens is 2. The summed E-state index contributed by atoms with van der Waals surface area (Å²) in [5.41, 5.74) is 0.616. The summed E-state index contributed by atoms with van der Waals surface area (Å²) in [4.78, 5) is 0. The van der Waals surface area contributed by atoms with Crippen LogP contribution in [0.5, 0.6) is 0 Å². The van der Waals surface area contributed by atoms with Crippen molar-refractivity contribution in [1.82, 2.24) is 5.32 Å². The molecular formula is C13H15F2NS.